The first-order valence-corrected chi connectivity index (χ1v) is 13.0. The van der Waals surface area contributed by atoms with Gasteiger partial charge in [-0.1, -0.05) is 0 Å². The Hall–Kier alpha value is -4.01. The lowest BCUT2D eigenvalue weighted by Crippen LogP contribution is -2.35. The van der Waals surface area contributed by atoms with Gasteiger partial charge in [-0.15, -0.1) is 0 Å². The van der Waals surface area contributed by atoms with Crippen molar-refractivity contribution in [3.63, 3.8) is 0 Å². The molecule has 1 unspecified atom stereocenters. The number of aromatic nitrogens is 3. The number of ether oxygens (including phenoxy) is 5. The van der Waals surface area contributed by atoms with Crippen molar-refractivity contribution in [1.82, 2.24) is 19.4 Å². The number of hydrogen-bond acceptors (Lipinski definition) is 10. The molecule has 3 aromatic rings. The zero-order valence-corrected chi connectivity index (χ0v) is 22.5. The maximum absolute atomic E-state index is 13.4. The summed E-state index contributed by atoms with van der Waals surface area (Å²) in [5, 5.41) is -0.107. The van der Waals surface area contributed by atoms with Crippen LogP contribution in [0.3, 0.4) is 0 Å². The number of carbonyl (C=O) groups is 2. The number of benzene rings is 1. The average molecular weight is 571 g/mol. The third kappa shape index (κ3) is 7.31. The van der Waals surface area contributed by atoms with Gasteiger partial charge >= 0.3 is 18.8 Å². The Bertz CT molecular complexity index is 1340. The topological polar surface area (TPSA) is 131 Å². The molecule has 0 radical (unpaired) electrons. The van der Waals surface area contributed by atoms with Gasteiger partial charge in [0.2, 0.25) is 5.16 Å². The first-order valence-electron chi connectivity index (χ1n) is 11.7. The van der Waals surface area contributed by atoms with Gasteiger partial charge in [0.15, 0.2) is 11.5 Å². The highest BCUT2D eigenvalue weighted by Gasteiger charge is 2.25. The Labute approximate surface area is 225 Å². The van der Waals surface area contributed by atoms with E-state index in [-0.39, 0.29) is 53.9 Å². The third-order valence-electron chi connectivity index (χ3n) is 5.34. The first kappa shape index (κ1) is 29.5. The molecule has 3 rings (SSSR count). The Kier molecular flexibility index (Phi) is 10.4. The van der Waals surface area contributed by atoms with Crippen molar-refractivity contribution >= 4 is 34.0 Å². The van der Waals surface area contributed by atoms with Crippen molar-refractivity contribution in [1.29, 1.82) is 0 Å². The molecule has 1 atom stereocenters. The predicted octanol–water partition coefficient (Wildman–Crippen LogP) is 3.47. The van der Waals surface area contributed by atoms with Crippen LogP contribution < -0.4 is 14.2 Å². The number of carbonyl (C=O) groups excluding carboxylic acids is 2. The largest absolute Gasteiger partial charge is 0.508 e. The van der Waals surface area contributed by atoms with Crippen LogP contribution in [-0.4, -0.2) is 89.2 Å². The second-order valence-corrected chi connectivity index (χ2v) is 9.25. The lowest BCUT2D eigenvalue weighted by atomic mass is 10.2. The molecule has 1 amide bonds. The molecule has 0 bridgehead atoms. The molecule has 0 aliphatic carbocycles. The second-order valence-electron chi connectivity index (χ2n) is 7.79. The number of pyridine rings is 1. The number of fused-ring (bicyclic) bond motifs is 1. The number of halogens is 2. The van der Waals surface area contributed by atoms with E-state index >= 15 is 0 Å². The number of alkyl halides is 2. The number of methoxy groups -OCH3 is 2. The highest BCUT2D eigenvalue weighted by molar-refractivity contribution is 7.84. The maximum Gasteiger partial charge on any atom is 0.508 e. The van der Waals surface area contributed by atoms with Crippen LogP contribution in [0.5, 0.6) is 17.2 Å². The summed E-state index contributed by atoms with van der Waals surface area (Å²) >= 11 is 0. The van der Waals surface area contributed by atoms with Gasteiger partial charge in [0.25, 0.3) is 0 Å². The summed E-state index contributed by atoms with van der Waals surface area (Å²) in [4.78, 5) is 34.7. The van der Waals surface area contributed by atoms with Gasteiger partial charge in [-0.2, -0.15) is 8.78 Å². The monoisotopic (exact) mass is 570 g/mol. The molecule has 0 aliphatic rings. The summed E-state index contributed by atoms with van der Waals surface area (Å²) in [5.41, 5.74) is 0.832. The van der Waals surface area contributed by atoms with Crippen molar-refractivity contribution in [2.24, 2.45) is 0 Å². The quantitative estimate of drug-likeness (QED) is 0.298. The lowest BCUT2D eigenvalue weighted by molar-refractivity contribution is -0.0497. The van der Waals surface area contributed by atoms with Gasteiger partial charge in [-0.3, -0.25) is 9.19 Å². The Morgan fingerprint density at radius 1 is 1.15 bits per heavy atom. The predicted molar refractivity (Wildman–Crippen MR) is 135 cm³/mol. The minimum absolute atomic E-state index is 0.00318. The molecular weight excluding hydrogens is 542 g/mol. The number of hydrogen-bond donors (Lipinski definition) is 0. The van der Waals surface area contributed by atoms with Crippen LogP contribution in [0.15, 0.2) is 35.6 Å². The number of aryl methyl sites for hydroxylation is 1. The molecule has 0 fully saturated rings. The van der Waals surface area contributed by atoms with Gasteiger partial charge < -0.3 is 28.6 Å². The fourth-order valence-electron chi connectivity index (χ4n) is 3.55. The summed E-state index contributed by atoms with van der Waals surface area (Å²) in [6.07, 6.45) is 0.826. The zero-order chi connectivity index (χ0) is 28.5. The van der Waals surface area contributed by atoms with E-state index in [0.717, 1.165) is 4.57 Å². The molecule has 12 nitrogen and oxygen atoms in total. The van der Waals surface area contributed by atoms with Gasteiger partial charge in [0.05, 0.1) is 54.9 Å². The molecule has 2 heterocycles. The van der Waals surface area contributed by atoms with Crippen LogP contribution in [-0.2, 0) is 26.7 Å². The number of nitrogens with zero attached hydrogens (tertiary/aromatic N) is 4. The standard InChI is InChI=1S/C24H28F2N4O8S/c1-5-36-24(32)37-12-11-29(2)23(31)30-18-14-15(38-21(25)26)6-7-16(18)28-22(30)39(33)13-9-17-20(35-4)19(34-3)8-10-27-17/h6-8,10,14,21H,5,9,11-13H2,1-4H3. The van der Waals surface area contributed by atoms with Crippen LogP contribution in [0.2, 0.25) is 0 Å². The van der Waals surface area contributed by atoms with Gasteiger partial charge in [0, 0.05) is 37.6 Å². The highest BCUT2D eigenvalue weighted by Crippen LogP contribution is 2.30. The molecule has 1 aromatic carbocycles. The smallest absolute Gasteiger partial charge is 0.493 e. The average Bonchev–Trinajstić information content (AvgIpc) is 3.29. The summed E-state index contributed by atoms with van der Waals surface area (Å²) < 4.78 is 64.9. The first-order chi connectivity index (χ1) is 18.7. The molecule has 212 valence electrons. The van der Waals surface area contributed by atoms with E-state index < -0.39 is 29.6 Å². The SMILES string of the molecule is CCOC(=O)OCCN(C)C(=O)n1c(S(=O)CCc2nccc(OC)c2OC)nc2ccc(OC(F)F)cc21. The highest BCUT2D eigenvalue weighted by atomic mass is 32.2. The van der Waals surface area contributed by atoms with Crippen molar-refractivity contribution in [3.8, 4) is 17.2 Å². The summed E-state index contributed by atoms with van der Waals surface area (Å²) in [7, 11) is 2.52. The Morgan fingerprint density at radius 2 is 1.92 bits per heavy atom. The molecule has 0 spiro atoms. The molecule has 39 heavy (non-hydrogen) atoms. The van der Waals surface area contributed by atoms with E-state index in [4.69, 9.17) is 14.2 Å². The van der Waals surface area contributed by atoms with Crippen LogP contribution in [0, 0.1) is 0 Å². The summed E-state index contributed by atoms with van der Waals surface area (Å²) in [6.45, 7) is -1.55. The van der Waals surface area contributed by atoms with E-state index in [0.29, 0.717) is 17.2 Å². The van der Waals surface area contributed by atoms with E-state index in [9.17, 15) is 22.6 Å². The summed E-state index contributed by atoms with van der Waals surface area (Å²) in [5.74, 6) is 0.636. The van der Waals surface area contributed by atoms with Crippen molar-refractivity contribution in [2.75, 3.05) is 46.8 Å². The number of imidazole rings is 1. The van der Waals surface area contributed by atoms with Crippen molar-refractivity contribution in [2.45, 2.75) is 25.1 Å². The van der Waals surface area contributed by atoms with E-state index in [2.05, 4.69) is 19.4 Å². The lowest BCUT2D eigenvalue weighted by Gasteiger charge is -2.19. The zero-order valence-electron chi connectivity index (χ0n) is 21.7. The van der Waals surface area contributed by atoms with E-state index in [1.54, 1.807) is 13.0 Å². The van der Waals surface area contributed by atoms with Crippen molar-refractivity contribution < 1.29 is 46.3 Å². The molecule has 15 heteroatoms. The van der Waals surface area contributed by atoms with E-state index in [1.165, 1.54) is 50.6 Å². The van der Waals surface area contributed by atoms with Gasteiger partial charge in [-0.25, -0.2) is 19.1 Å². The Morgan fingerprint density at radius 3 is 2.59 bits per heavy atom. The second kappa shape index (κ2) is 13.7. The third-order valence-corrected chi connectivity index (χ3v) is 6.60. The summed E-state index contributed by atoms with van der Waals surface area (Å²) in [6, 6.07) is 4.80. The molecule has 0 aliphatic heterocycles. The minimum Gasteiger partial charge on any atom is -0.493 e. The fourth-order valence-corrected chi connectivity index (χ4v) is 4.69. The number of likely N-dealkylation sites (N-methyl/N-ethyl adjacent to an activating group) is 1. The number of amides is 1. The van der Waals surface area contributed by atoms with Crippen LogP contribution in [0.1, 0.15) is 12.6 Å². The van der Waals surface area contributed by atoms with Crippen molar-refractivity contribution in [3.05, 3.63) is 36.2 Å². The van der Waals surface area contributed by atoms with E-state index in [1.807, 2.05) is 0 Å². The van der Waals surface area contributed by atoms with Crippen LogP contribution >= 0.6 is 0 Å². The normalized spacial score (nSPS) is 11.8. The number of rotatable bonds is 12. The molecular formula is C24H28F2N4O8S. The molecule has 2 aromatic heterocycles. The minimum atomic E-state index is -3.09. The van der Waals surface area contributed by atoms with Gasteiger partial charge in [-0.05, 0) is 19.1 Å². The maximum atomic E-state index is 13.4. The van der Waals surface area contributed by atoms with Crippen LogP contribution in [0.4, 0.5) is 18.4 Å². The molecule has 0 N–H and O–H groups in total. The molecule has 0 saturated carbocycles. The Balaban J connectivity index is 1.91. The molecule has 0 saturated heterocycles. The van der Waals surface area contributed by atoms with Crippen LogP contribution in [0.25, 0.3) is 11.0 Å². The van der Waals surface area contributed by atoms with Gasteiger partial charge in [0.1, 0.15) is 12.4 Å². The fraction of sp³-hybridized carbons (Fsp3) is 0.417.